The molecule has 0 aliphatic heterocycles. The lowest BCUT2D eigenvalue weighted by molar-refractivity contribution is -0.128. The van der Waals surface area contributed by atoms with E-state index in [4.69, 9.17) is 11.5 Å². The highest BCUT2D eigenvalue weighted by atomic mass is 16.2. The summed E-state index contributed by atoms with van der Waals surface area (Å²) in [6.45, 7) is 3.86. The van der Waals surface area contributed by atoms with Crippen molar-refractivity contribution in [2.75, 3.05) is 0 Å². The van der Waals surface area contributed by atoms with Gasteiger partial charge in [-0.05, 0) is 25.7 Å². The van der Waals surface area contributed by atoms with Crippen molar-refractivity contribution in [1.29, 1.82) is 0 Å². The van der Waals surface area contributed by atoms with Crippen LogP contribution in [0, 0.1) is 11.8 Å². The molecule has 1 aliphatic rings. The molecule has 0 aromatic heterocycles. The fourth-order valence-electron chi connectivity index (χ4n) is 2.45. The van der Waals surface area contributed by atoms with Gasteiger partial charge in [-0.3, -0.25) is 9.59 Å². The van der Waals surface area contributed by atoms with Crippen molar-refractivity contribution in [1.82, 2.24) is 5.32 Å². The van der Waals surface area contributed by atoms with Gasteiger partial charge in [0.15, 0.2) is 0 Å². The number of nitrogens with two attached hydrogens (primary N) is 2. The van der Waals surface area contributed by atoms with Gasteiger partial charge in [0, 0.05) is 18.5 Å². The van der Waals surface area contributed by atoms with Gasteiger partial charge in [-0.15, -0.1) is 0 Å². The van der Waals surface area contributed by atoms with Gasteiger partial charge in [-0.2, -0.15) is 0 Å². The van der Waals surface area contributed by atoms with Crippen LogP contribution in [-0.4, -0.2) is 23.9 Å². The molecule has 98 valence electrons. The highest BCUT2D eigenvalue weighted by Crippen LogP contribution is 2.27. The molecule has 4 atom stereocenters. The van der Waals surface area contributed by atoms with Crippen LogP contribution in [0.3, 0.4) is 0 Å². The topological polar surface area (TPSA) is 98.2 Å². The Labute approximate surface area is 102 Å². The molecule has 1 aliphatic carbocycles. The van der Waals surface area contributed by atoms with E-state index in [1.165, 1.54) is 0 Å². The molecule has 1 fully saturated rings. The molecule has 0 bridgehead atoms. The monoisotopic (exact) mass is 241 g/mol. The molecule has 0 aromatic carbocycles. The van der Waals surface area contributed by atoms with Crippen molar-refractivity contribution < 1.29 is 9.59 Å². The minimum atomic E-state index is -0.404. The molecule has 0 spiro atoms. The predicted octanol–water partition coefficient (Wildman–Crippen LogP) is 0.130. The maximum atomic E-state index is 12.0. The van der Waals surface area contributed by atoms with Crippen molar-refractivity contribution in [3.63, 3.8) is 0 Å². The molecule has 5 N–H and O–H groups in total. The summed E-state index contributed by atoms with van der Waals surface area (Å²) in [5.74, 6) is -0.197. The molecule has 1 saturated carbocycles. The standard InChI is InChI=1S/C12H23N3O2/c1-7-4-3-5-9(11(7)14)12(17)15-8(2)6-10(13)16/h7-9,11H,3-6,14H2,1-2H3,(H2,13,16)(H,15,17). The zero-order valence-electron chi connectivity index (χ0n) is 10.6. The maximum Gasteiger partial charge on any atom is 0.224 e. The third kappa shape index (κ3) is 4.00. The Hall–Kier alpha value is -1.10. The second-order valence-electron chi connectivity index (χ2n) is 5.17. The van der Waals surface area contributed by atoms with Crippen molar-refractivity contribution in [2.45, 2.75) is 51.6 Å². The third-order valence-corrected chi connectivity index (χ3v) is 3.53. The molecule has 5 nitrogen and oxygen atoms in total. The second kappa shape index (κ2) is 6.00. The van der Waals surface area contributed by atoms with E-state index in [1.807, 2.05) is 0 Å². The number of hydrogen-bond donors (Lipinski definition) is 3. The second-order valence-corrected chi connectivity index (χ2v) is 5.17. The molecular formula is C12H23N3O2. The largest absolute Gasteiger partial charge is 0.370 e. The Kier molecular flexibility index (Phi) is 4.93. The molecular weight excluding hydrogens is 218 g/mol. The van der Waals surface area contributed by atoms with Gasteiger partial charge in [-0.25, -0.2) is 0 Å². The summed E-state index contributed by atoms with van der Waals surface area (Å²) >= 11 is 0. The Morgan fingerprint density at radius 2 is 2.06 bits per heavy atom. The van der Waals surface area contributed by atoms with Crippen molar-refractivity contribution in [3.05, 3.63) is 0 Å². The van der Waals surface area contributed by atoms with Crippen molar-refractivity contribution in [2.24, 2.45) is 23.3 Å². The van der Waals surface area contributed by atoms with Gasteiger partial charge >= 0.3 is 0 Å². The van der Waals surface area contributed by atoms with E-state index >= 15 is 0 Å². The average Bonchev–Trinajstić information content (AvgIpc) is 2.20. The number of hydrogen-bond acceptors (Lipinski definition) is 3. The molecule has 1 rings (SSSR count). The predicted molar refractivity (Wildman–Crippen MR) is 65.9 cm³/mol. The van der Waals surface area contributed by atoms with Crippen LogP contribution in [0.5, 0.6) is 0 Å². The number of primary amides is 1. The average molecular weight is 241 g/mol. The number of rotatable bonds is 4. The number of amides is 2. The van der Waals surface area contributed by atoms with E-state index in [0.29, 0.717) is 5.92 Å². The van der Waals surface area contributed by atoms with Crippen LogP contribution in [0.4, 0.5) is 0 Å². The summed E-state index contributed by atoms with van der Waals surface area (Å²) in [4.78, 5) is 22.7. The highest BCUT2D eigenvalue weighted by molar-refractivity contribution is 5.81. The SMILES string of the molecule is CC(CC(N)=O)NC(=O)C1CCCC(C)C1N. The normalized spacial score (nSPS) is 30.6. The maximum absolute atomic E-state index is 12.0. The van der Waals surface area contributed by atoms with E-state index < -0.39 is 5.91 Å². The Morgan fingerprint density at radius 3 is 2.65 bits per heavy atom. The first-order valence-corrected chi connectivity index (χ1v) is 6.26. The quantitative estimate of drug-likeness (QED) is 0.652. The van der Waals surface area contributed by atoms with Crippen LogP contribution in [0.2, 0.25) is 0 Å². The van der Waals surface area contributed by atoms with Crippen LogP contribution < -0.4 is 16.8 Å². The van der Waals surface area contributed by atoms with Crippen LogP contribution in [0.25, 0.3) is 0 Å². The molecule has 17 heavy (non-hydrogen) atoms. The fourth-order valence-corrected chi connectivity index (χ4v) is 2.45. The fraction of sp³-hybridized carbons (Fsp3) is 0.833. The van der Waals surface area contributed by atoms with E-state index in [-0.39, 0.29) is 30.3 Å². The molecule has 0 radical (unpaired) electrons. The summed E-state index contributed by atoms with van der Waals surface area (Å²) in [6, 6.07) is -0.297. The van der Waals surface area contributed by atoms with Crippen molar-refractivity contribution >= 4 is 11.8 Å². The lowest BCUT2D eigenvalue weighted by atomic mass is 9.78. The summed E-state index contributed by atoms with van der Waals surface area (Å²) in [6.07, 6.45) is 3.13. The molecule has 0 heterocycles. The minimum absolute atomic E-state index is 0.0437. The van der Waals surface area contributed by atoms with Gasteiger partial charge in [0.25, 0.3) is 0 Å². The summed E-state index contributed by atoms with van der Waals surface area (Å²) in [5, 5.41) is 2.81. The minimum Gasteiger partial charge on any atom is -0.370 e. The van der Waals surface area contributed by atoms with Gasteiger partial charge in [0.1, 0.15) is 0 Å². The smallest absolute Gasteiger partial charge is 0.224 e. The van der Waals surface area contributed by atoms with Crippen molar-refractivity contribution in [3.8, 4) is 0 Å². The van der Waals surface area contributed by atoms with Crippen LogP contribution in [0.15, 0.2) is 0 Å². The Morgan fingerprint density at radius 1 is 1.41 bits per heavy atom. The van der Waals surface area contributed by atoms with E-state index in [2.05, 4.69) is 12.2 Å². The third-order valence-electron chi connectivity index (χ3n) is 3.53. The molecule has 0 aromatic rings. The molecule has 5 heteroatoms. The van der Waals surface area contributed by atoms with Gasteiger partial charge < -0.3 is 16.8 Å². The zero-order chi connectivity index (χ0) is 13.0. The molecule has 2 amide bonds. The summed E-state index contributed by atoms with van der Waals surface area (Å²) in [7, 11) is 0. The van der Waals surface area contributed by atoms with Crippen LogP contribution >= 0.6 is 0 Å². The number of carbonyl (C=O) groups excluding carboxylic acids is 2. The lowest BCUT2D eigenvalue weighted by Gasteiger charge is -2.33. The lowest BCUT2D eigenvalue weighted by Crippen LogP contribution is -2.49. The summed E-state index contributed by atoms with van der Waals surface area (Å²) in [5.41, 5.74) is 11.1. The van der Waals surface area contributed by atoms with Gasteiger partial charge in [0.2, 0.25) is 11.8 Å². The van der Waals surface area contributed by atoms with E-state index in [1.54, 1.807) is 6.92 Å². The Bertz CT molecular complexity index is 293. The van der Waals surface area contributed by atoms with E-state index in [9.17, 15) is 9.59 Å². The first kappa shape index (κ1) is 14.0. The number of nitrogens with one attached hydrogen (secondary N) is 1. The van der Waals surface area contributed by atoms with E-state index in [0.717, 1.165) is 19.3 Å². The highest BCUT2D eigenvalue weighted by Gasteiger charge is 2.33. The first-order chi connectivity index (χ1) is 7.91. The van der Waals surface area contributed by atoms with Crippen LogP contribution in [-0.2, 0) is 9.59 Å². The number of carbonyl (C=O) groups is 2. The molecule has 4 unspecified atom stereocenters. The summed E-state index contributed by atoms with van der Waals surface area (Å²) < 4.78 is 0. The van der Waals surface area contributed by atoms with Crippen LogP contribution in [0.1, 0.15) is 39.5 Å². The van der Waals surface area contributed by atoms with Gasteiger partial charge in [0.05, 0.1) is 5.92 Å². The molecule has 0 saturated heterocycles. The first-order valence-electron chi connectivity index (χ1n) is 6.26. The Balaban J connectivity index is 2.48. The van der Waals surface area contributed by atoms with Gasteiger partial charge in [-0.1, -0.05) is 13.3 Å². The zero-order valence-corrected chi connectivity index (χ0v) is 10.6.